The van der Waals surface area contributed by atoms with Crippen LogP contribution in [0.4, 0.5) is 0 Å². The third-order valence-corrected chi connectivity index (χ3v) is 3.88. The molecule has 4 heteroatoms. The Morgan fingerprint density at radius 1 is 1.22 bits per heavy atom. The highest BCUT2D eigenvalue weighted by atomic mass is 79.9. The summed E-state index contributed by atoms with van der Waals surface area (Å²) < 4.78 is 0.958. The van der Waals surface area contributed by atoms with E-state index in [1.54, 1.807) is 0 Å². The molecule has 92 valence electrons. The molecule has 0 unspecified atom stereocenters. The summed E-state index contributed by atoms with van der Waals surface area (Å²) in [6.07, 6.45) is 0.872. The largest absolute Gasteiger partial charge is 0.298 e. The van der Waals surface area contributed by atoms with Gasteiger partial charge in [-0.05, 0) is 49.7 Å². The fourth-order valence-corrected chi connectivity index (χ4v) is 3.26. The first kappa shape index (κ1) is 13.3. The van der Waals surface area contributed by atoms with Crippen molar-refractivity contribution in [3.63, 3.8) is 0 Å². The first-order valence-corrected chi connectivity index (χ1v) is 7.07. The van der Waals surface area contributed by atoms with Gasteiger partial charge in [0.25, 0.3) is 0 Å². The molecule has 0 spiro atoms. The normalized spacial score (nSPS) is 10.4. The van der Waals surface area contributed by atoms with E-state index in [-0.39, 0.29) is 0 Å². The quantitative estimate of drug-likeness (QED) is 0.783. The number of halogens is 1. The van der Waals surface area contributed by atoms with E-state index in [9.17, 15) is 4.79 Å². The molecule has 0 saturated heterocycles. The SMILES string of the molecule is Cc1cc(C)nc(Sc2cc(Br)ccc2C=O)c1. The van der Waals surface area contributed by atoms with E-state index in [2.05, 4.69) is 20.9 Å². The van der Waals surface area contributed by atoms with Crippen LogP contribution >= 0.6 is 27.7 Å². The molecule has 2 aromatic rings. The summed E-state index contributed by atoms with van der Waals surface area (Å²) in [5, 5.41) is 0.911. The number of pyridine rings is 1. The van der Waals surface area contributed by atoms with Crippen LogP contribution in [0, 0.1) is 13.8 Å². The summed E-state index contributed by atoms with van der Waals surface area (Å²) in [6.45, 7) is 4.01. The third kappa shape index (κ3) is 3.21. The second-order valence-electron chi connectivity index (χ2n) is 4.03. The molecule has 18 heavy (non-hydrogen) atoms. The van der Waals surface area contributed by atoms with Gasteiger partial charge in [-0.3, -0.25) is 4.79 Å². The first-order valence-electron chi connectivity index (χ1n) is 5.46. The van der Waals surface area contributed by atoms with E-state index in [1.807, 2.05) is 44.2 Å². The number of benzene rings is 1. The van der Waals surface area contributed by atoms with Gasteiger partial charge in [0.05, 0.1) is 0 Å². The van der Waals surface area contributed by atoms with Crippen molar-refractivity contribution in [3.8, 4) is 0 Å². The second-order valence-corrected chi connectivity index (χ2v) is 6.00. The second kappa shape index (κ2) is 5.67. The highest BCUT2D eigenvalue weighted by Crippen LogP contribution is 2.31. The average molecular weight is 322 g/mol. The van der Waals surface area contributed by atoms with Crippen LogP contribution in [0.3, 0.4) is 0 Å². The van der Waals surface area contributed by atoms with Gasteiger partial charge in [0.2, 0.25) is 0 Å². The van der Waals surface area contributed by atoms with Crippen LogP contribution in [0.1, 0.15) is 21.6 Å². The van der Waals surface area contributed by atoms with Gasteiger partial charge in [0.1, 0.15) is 5.03 Å². The number of hydrogen-bond acceptors (Lipinski definition) is 3. The molecule has 0 aliphatic heterocycles. The predicted molar refractivity (Wildman–Crippen MR) is 77.4 cm³/mol. The van der Waals surface area contributed by atoms with Crippen LogP contribution in [-0.4, -0.2) is 11.3 Å². The van der Waals surface area contributed by atoms with Crippen molar-refractivity contribution in [1.29, 1.82) is 0 Å². The van der Waals surface area contributed by atoms with Crippen molar-refractivity contribution in [3.05, 3.63) is 51.6 Å². The summed E-state index contributed by atoms with van der Waals surface area (Å²) in [5.41, 5.74) is 2.84. The maximum Gasteiger partial charge on any atom is 0.151 e. The highest BCUT2D eigenvalue weighted by molar-refractivity contribution is 9.10. The lowest BCUT2D eigenvalue weighted by Gasteiger charge is -2.06. The zero-order valence-electron chi connectivity index (χ0n) is 10.1. The monoisotopic (exact) mass is 321 g/mol. The van der Waals surface area contributed by atoms with Crippen molar-refractivity contribution in [1.82, 2.24) is 4.98 Å². The number of carbonyl (C=O) groups is 1. The maximum atomic E-state index is 11.0. The molecule has 1 aromatic carbocycles. The molecule has 1 aromatic heterocycles. The molecule has 0 fully saturated rings. The Labute approximate surface area is 119 Å². The van der Waals surface area contributed by atoms with Crippen LogP contribution < -0.4 is 0 Å². The van der Waals surface area contributed by atoms with Crippen molar-refractivity contribution in [2.24, 2.45) is 0 Å². The molecule has 0 atom stereocenters. The number of aryl methyl sites for hydroxylation is 2. The van der Waals surface area contributed by atoms with Crippen molar-refractivity contribution in [2.45, 2.75) is 23.8 Å². The van der Waals surface area contributed by atoms with Crippen LogP contribution in [0.2, 0.25) is 0 Å². The van der Waals surface area contributed by atoms with Crippen LogP contribution in [0.25, 0.3) is 0 Å². The van der Waals surface area contributed by atoms with Gasteiger partial charge < -0.3 is 0 Å². The molecule has 0 aliphatic rings. The number of aromatic nitrogens is 1. The summed E-state index contributed by atoms with van der Waals surface area (Å²) in [4.78, 5) is 16.4. The number of aldehydes is 1. The van der Waals surface area contributed by atoms with E-state index in [0.29, 0.717) is 5.56 Å². The van der Waals surface area contributed by atoms with Gasteiger partial charge in [0.15, 0.2) is 6.29 Å². The molecule has 0 saturated carbocycles. The fraction of sp³-hybridized carbons (Fsp3) is 0.143. The van der Waals surface area contributed by atoms with E-state index in [0.717, 1.165) is 26.4 Å². The summed E-state index contributed by atoms with van der Waals surface area (Å²) in [6, 6.07) is 9.66. The lowest BCUT2D eigenvalue weighted by atomic mass is 10.2. The Hall–Kier alpha value is -1.13. The zero-order chi connectivity index (χ0) is 13.1. The van der Waals surface area contributed by atoms with Gasteiger partial charge >= 0.3 is 0 Å². The van der Waals surface area contributed by atoms with Gasteiger partial charge in [0, 0.05) is 20.6 Å². The smallest absolute Gasteiger partial charge is 0.151 e. The lowest BCUT2D eigenvalue weighted by molar-refractivity contribution is 0.112. The molecule has 2 rings (SSSR count). The van der Waals surface area contributed by atoms with Crippen LogP contribution in [0.5, 0.6) is 0 Å². The highest BCUT2D eigenvalue weighted by Gasteiger charge is 2.06. The van der Waals surface area contributed by atoms with Gasteiger partial charge in [-0.25, -0.2) is 4.98 Å². The number of hydrogen-bond donors (Lipinski definition) is 0. The molecular weight excluding hydrogens is 310 g/mol. The molecular formula is C14H12BrNOS. The minimum absolute atomic E-state index is 0.684. The Balaban J connectivity index is 2.38. The van der Waals surface area contributed by atoms with E-state index >= 15 is 0 Å². The van der Waals surface area contributed by atoms with E-state index < -0.39 is 0 Å². The van der Waals surface area contributed by atoms with Gasteiger partial charge in [-0.15, -0.1) is 0 Å². The first-order chi connectivity index (χ1) is 8.58. The molecule has 1 heterocycles. The van der Waals surface area contributed by atoms with Crippen molar-refractivity contribution in [2.75, 3.05) is 0 Å². The summed E-state index contributed by atoms with van der Waals surface area (Å²) in [5.74, 6) is 0. The summed E-state index contributed by atoms with van der Waals surface area (Å²) >= 11 is 4.93. The topological polar surface area (TPSA) is 30.0 Å². The molecule has 0 aliphatic carbocycles. The van der Waals surface area contributed by atoms with Crippen molar-refractivity contribution >= 4 is 34.0 Å². The average Bonchev–Trinajstić information content (AvgIpc) is 2.27. The standard InChI is InChI=1S/C14H12BrNOS/c1-9-5-10(2)16-14(6-9)18-13-7-12(15)4-3-11(13)8-17/h3-8H,1-2H3. The molecule has 0 N–H and O–H groups in total. The Bertz CT molecular complexity index is 578. The number of rotatable bonds is 3. The number of nitrogens with zero attached hydrogens (tertiary/aromatic N) is 1. The van der Waals surface area contributed by atoms with E-state index in [1.165, 1.54) is 17.3 Å². The Kier molecular flexibility index (Phi) is 4.19. The minimum atomic E-state index is 0.684. The molecule has 0 radical (unpaired) electrons. The molecule has 0 amide bonds. The van der Waals surface area contributed by atoms with Crippen LogP contribution in [0.15, 0.2) is 44.7 Å². The maximum absolute atomic E-state index is 11.0. The lowest BCUT2D eigenvalue weighted by Crippen LogP contribution is -1.89. The van der Waals surface area contributed by atoms with Gasteiger partial charge in [-0.2, -0.15) is 0 Å². The van der Waals surface area contributed by atoms with Crippen molar-refractivity contribution < 1.29 is 4.79 Å². The Morgan fingerprint density at radius 3 is 2.67 bits per heavy atom. The van der Waals surface area contributed by atoms with Gasteiger partial charge in [-0.1, -0.05) is 27.7 Å². The van der Waals surface area contributed by atoms with E-state index in [4.69, 9.17) is 0 Å². The summed E-state index contributed by atoms with van der Waals surface area (Å²) in [7, 11) is 0. The fourth-order valence-electron chi connectivity index (χ4n) is 1.66. The zero-order valence-corrected chi connectivity index (χ0v) is 12.5. The van der Waals surface area contributed by atoms with Crippen LogP contribution in [-0.2, 0) is 0 Å². The Morgan fingerprint density at radius 2 is 2.00 bits per heavy atom. The molecule has 2 nitrogen and oxygen atoms in total. The third-order valence-electron chi connectivity index (χ3n) is 2.39. The number of carbonyl (C=O) groups excluding carboxylic acids is 1. The predicted octanol–water partition coefficient (Wildman–Crippen LogP) is 4.42. The minimum Gasteiger partial charge on any atom is -0.298 e. The molecule has 0 bridgehead atoms.